The molecule has 0 amide bonds. The highest BCUT2D eigenvalue weighted by molar-refractivity contribution is 5.80. The van der Waals surface area contributed by atoms with E-state index >= 15 is 0 Å². The van der Waals surface area contributed by atoms with E-state index in [-0.39, 0.29) is 12.2 Å². The monoisotopic (exact) mass is 207 g/mol. The van der Waals surface area contributed by atoms with Gasteiger partial charge in [0.05, 0.1) is 11.9 Å². The molecule has 0 radical (unpaired) electrons. The van der Waals surface area contributed by atoms with Crippen LogP contribution < -0.4 is 0 Å². The Hall–Kier alpha value is -1.84. The van der Waals surface area contributed by atoms with Crippen LogP contribution in [0.25, 0.3) is 10.9 Å². The number of aliphatic carboxylic acids is 1. The third kappa shape index (κ3) is 1.98. The maximum Gasteiger partial charge on any atom is 0.305 e. The Morgan fingerprint density at radius 3 is 2.93 bits per heavy atom. The molecule has 0 unspecified atom stereocenters. The average molecular weight is 207 g/mol. The Kier molecular flexibility index (Phi) is 2.41. The van der Waals surface area contributed by atoms with Crippen LogP contribution in [0.1, 0.15) is 6.42 Å². The van der Waals surface area contributed by atoms with Crippen molar-refractivity contribution in [3.8, 4) is 0 Å². The van der Waals surface area contributed by atoms with E-state index in [2.05, 4.69) is 0 Å². The van der Waals surface area contributed by atoms with Gasteiger partial charge in [0, 0.05) is 12.7 Å². The number of hydrogen-bond donors (Lipinski definition) is 1. The number of rotatable bonds is 3. The zero-order valence-electron chi connectivity index (χ0n) is 7.98. The Labute approximate surface area is 85.7 Å². The van der Waals surface area contributed by atoms with Crippen LogP contribution >= 0.6 is 0 Å². The predicted molar refractivity (Wildman–Crippen MR) is 54.1 cm³/mol. The van der Waals surface area contributed by atoms with Crippen LogP contribution in [0, 0.1) is 5.82 Å². The molecule has 0 saturated heterocycles. The maximum atomic E-state index is 13.0. The summed E-state index contributed by atoms with van der Waals surface area (Å²) in [6.07, 6.45) is 1.81. The molecule has 0 saturated carbocycles. The summed E-state index contributed by atoms with van der Waals surface area (Å²) in [7, 11) is 0. The van der Waals surface area contributed by atoms with E-state index in [1.165, 1.54) is 12.1 Å². The lowest BCUT2D eigenvalue weighted by Crippen LogP contribution is -2.03. The first-order valence-electron chi connectivity index (χ1n) is 4.63. The molecule has 15 heavy (non-hydrogen) atoms. The van der Waals surface area contributed by atoms with Crippen molar-refractivity contribution >= 4 is 16.9 Å². The Morgan fingerprint density at radius 2 is 2.20 bits per heavy atom. The highest BCUT2D eigenvalue weighted by atomic mass is 19.1. The van der Waals surface area contributed by atoms with Crippen molar-refractivity contribution in [2.24, 2.45) is 0 Å². The van der Waals surface area contributed by atoms with Crippen molar-refractivity contribution in [3.05, 3.63) is 36.3 Å². The molecular weight excluding hydrogens is 197 g/mol. The number of hydrogen-bond acceptors (Lipinski definition) is 1. The summed E-state index contributed by atoms with van der Waals surface area (Å²) in [4.78, 5) is 10.4. The highest BCUT2D eigenvalue weighted by Crippen LogP contribution is 2.17. The third-order valence-corrected chi connectivity index (χ3v) is 2.30. The molecule has 4 heteroatoms. The number of carbonyl (C=O) groups is 1. The molecule has 0 aliphatic carbocycles. The van der Waals surface area contributed by atoms with Crippen LogP contribution in [-0.2, 0) is 11.3 Å². The van der Waals surface area contributed by atoms with Gasteiger partial charge in [-0.2, -0.15) is 0 Å². The minimum absolute atomic E-state index is 0.0420. The van der Waals surface area contributed by atoms with Crippen LogP contribution in [0.15, 0.2) is 30.5 Å². The van der Waals surface area contributed by atoms with Crippen molar-refractivity contribution in [2.45, 2.75) is 13.0 Å². The van der Waals surface area contributed by atoms with E-state index in [0.717, 1.165) is 10.9 Å². The minimum Gasteiger partial charge on any atom is -0.481 e. The van der Waals surface area contributed by atoms with Crippen LogP contribution in [0.3, 0.4) is 0 Å². The Bertz CT molecular complexity index is 504. The molecule has 1 heterocycles. The number of aryl methyl sites for hydroxylation is 1. The number of nitrogens with zero attached hydrogens (tertiary/aromatic N) is 1. The van der Waals surface area contributed by atoms with Gasteiger partial charge in [0.15, 0.2) is 0 Å². The Morgan fingerprint density at radius 1 is 1.40 bits per heavy atom. The van der Waals surface area contributed by atoms with Crippen molar-refractivity contribution in [3.63, 3.8) is 0 Å². The molecule has 0 fully saturated rings. The molecule has 78 valence electrons. The van der Waals surface area contributed by atoms with Gasteiger partial charge in [-0.15, -0.1) is 0 Å². The van der Waals surface area contributed by atoms with E-state index < -0.39 is 5.97 Å². The standard InChI is InChI=1S/C11H10FNO2/c12-9-2-1-8-3-5-13(10(8)7-9)6-4-11(14)15/h1-3,5,7H,4,6H2,(H,14,15). The number of aromatic nitrogens is 1. The number of carboxylic acid groups (broad SMARTS) is 1. The Balaban J connectivity index is 2.35. The average Bonchev–Trinajstić information content (AvgIpc) is 2.57. The smallest absolute Gasteiger partial charge is 0.305 e. The lowest BCUT2D eigenvalue weighted by Gasteiger charge is -2.02. The molecule has 0 bridgehead atoms. The second-order valence-corrected chi connectivity index (χ2v) is 3.36. The third-order valence-electron chi connectivity index (χ3n) is 2.30. The molecule has 2 rings (SSSR count). The van der Waals surface area contributed by atoms with Crippen molar-refractivity contribution in [1.82, 2.24) is 4.57 Å². The molecule has 0 aliphatic rings. The molecule has 1 N–H and O–H groups in total. The van der Waals surface area contributed by atoms with E-state index in [4.69, 9.17) is 5.11 Å². The first-order chi connectivity index (χ1) is 7.16. The summed E-state index contributed by atoms with van der Waals surface area (Å²) in [5.41, 5.74) is 0.733. The molecule has 1 aromatic carbocycles. The van der Waals surface area contributed by atoms with E-state index in [0.29, 0.717) is 6.54 Å². The lowest BCUT2D eigenvalue weighted by molar-refractivity contribution is -0.137. The highest BCUT2D eigenvalue weighted by Gasteiger charge is 2.03. The van der Waals surface area contributed by atoms with Crippen LogP contribution in [-0.4, -0.2) is 15.6 Å². The molecule has 0 atom stereocenters. The minimum atomic E-state index is -0.853. The normalized spacial score (nSPS) is 10.7. The largest absolute Gasteiger partial charge is 0.481 e. The van der Waals surface area contributed by atoms with Gasteiger partial charge in [-0.05, 0) is 29.7 Å². The van der Waals surface area contributed by atoms with Gasteiger partial charge in [-0.25, -0.2) is 4.39 Å². The fraction of sp³-hybridized carbons (Fsp3) is 0.182. The summed E-state index contributed by atoms with van der Waals surface area (Å²) < 4.78 is 14.7. The van der Waals surface area contributed by atoms with Crippen LogP contribution in [0.4, 0.5) is 4.39 Å². The van der Waals surface area contributed by atoms with Gasteiger partial charge >= 0.3 is 5.97 Å². The predicted octanol–water partition coefficient (Wildman–Crippen LogP) is 2.26. The summed E-state index contributed by atoms with van der Waals surface area (Å²) in [6.45, 7) is 0.363. The molecular formula is C11H10FNO2. The van der Waals surface area contributed by atoms with Crippen LogP contribution in [0.5, 0.6) is 0 Å². The molecule has 0 spiro atoms. The van der Waals surface area contributed by atoms with E-state index in [9.17, 15) is 9.18 Å². The summed E-state index contributed by atoms with van der Waals surface area (Å²) in [6, 6.07) is 6.33. The van der Waals surface area contributed by atoms with E-state index in [1.54, 1.807) is 16.8 Å². The second kappa shape index (κ2) is 3.73. The summed E-state index contributed by atoms with van der Waals surface area (Å²) in [5.74, 6) is -1.16. The van der Waals surface area contributed by atoms with Gasteiger partial charge in [-0.1, -0.05) is 0 Å². The molecule has 3 nitrogen and oxygen atoms in total. The fourth-order valence-corrected chi connectivity index (χ4v) is 1.57. The van der Waals surface area contributed by atoms with Crippen molar-refractivity contribution < 1.29 is 14.3 Å². The van der Waals surface area contributed by atoms with E-state index in [1.807, 2.05) is 6.07 Å². The van der Waals surface area contributed by atoms with Crippen molar-refractivity contribution in [2.75, 3.05) is 0 Å². The van der Waals surface area contributed by atoms with Gasteiger partial charge in [-0.3, -0.25) is 4.79 Å². The maximum absolute atomic E-state index is 13.0. The zero-order chi connectivity index (χ0) is 10.8. The van der Waals surface area contributed by atoms with Crippen molar-refractivity contribution in [1.29, 1.82) is 0 Å². The number of halogens is 1. The lowest BCUT2D eigenvalue weighted by atomic mass is 10.2. The molecule has 2 aromatic rings. The molecule has 0 aliphatic heterocycles. The zero-order valence-corrected chi connectivity index (χ0v) is 7.98. The second-order valence-electron chi connectivity index (χ2n) is 3.36. The first-order valence-corrected chi connectivity index (χ1v) is 4.63. The fourth-order valence-electron chi connectivity index (χ4n) is 1.57. The van der Waals surface area contributed by atoms with Gasteiger partial charge in [0.1, 0.15) is 5.82 Å². The summed E-state index contributed by atoms with van der Waals surface area (Å²) in [5, 5.41) is 9.47. The first kappa shape index (κ1) is 9.71. The number of benzene rings is 1. The number of carboxylic acids is 1. The van der Waals surface area contributed by atoms with Crippen LogP contribution in [0.2, 0.25) is 0 Å². The van der Waals surface area contributed by atoms with Gasteiger partial charge in [0.25, 0.3) is 0 Å². The van der Waals surface area contributed by atoms with Gasteiger partial charge < -0.3 is 9.67 Å². The molecule has 1 aromatic heterocycles. The van der Waals surface area contributed by atoms with Gasteiger partial charge in [0.2, 0.25) is 0 Å². The quantitative estimate of drug-likeness (QED) is 0.838. The number of fused-ring (bicyclic) bond motifs is 1. The SMILES string of the molecule is O=C(O)CCn1ccc2ccc(F)cc21. The topological polar surface area (TPSA) is 42.2 Å². The summed E-state index contributed by atoms with van der Waals surface area (Å²) >= 11 is 0.